The van der Waals surface area contributed by atoms with Crippen LogP contribution in [0.25, 0.3) is 0 Å². The Morgan fingerprint density at radius 1 is 1.08 bits per heavy atom. The molecule has 1 aliphatic rings. The summed E-state index contributed by atoms with van der Waals surface area (Å²) < 4.78 is 4.98. The molecule has 0 aromatic carbocycles. The predicted molar refractivity (Wildman–Crippen MR) is 94.5 cm³/mol. The number of rotatable bonds is 7. The van der Waals surface area contributed by atoms with Gasteiger partial charge in [0.25, 0.3) is 5.91 Å². The molecule has 0 bridgehead atoms. The normalized spacial score (nSPS) is 14.3. The number of piperazine rings is 1. The standard InChI is InChI=1S/C17H27N5O3/c1-3-5-6-9-18-15-8-7-14(19-20-15)16(23)21-10-12-22(13-11-21)17(24)25-4-2/h7-8H,3-6,9-13H2,1-2H3,(H,18,20). The van der Waals surface area contributed by atoms with Gasteiger partial charge in [-0.25, -0.2) is 4.79 Å². The number of ether oxygens (including phenoxy) is 1. The molecule has 0 saturated carbocycles. The van der Waals surface area contributed by atoms with Crippen molar-refractivity contribution in [3.63, 3.8) is 0 Å². The van der Waals surface area contributed by atoms with E-state index >= 15 is 0 Å². The number of amides is 2. The van der Waals surface area contributed by atoms with E-state index in [1.54, 1.807) is 28.9 Å². The summed E-state index contributed by atoms with van der Waals surface area (Å²) in [6.07, 6.45) is 3.11. The lowest BCUT2D eigenvalue weighted by molar-refractivity contribution is 0.0565. The van der Waals surface area contributed by atoms with Gasteiger partial charge in [-0.05, 0) is 25.5 Å². The number of nitrogens with zero attached hydrogens (tertiary/aromatic N) is 4. The van der Waals surface area contributed by atoms with Gasteiger partial charge in [0.2, 0.25) is 0 Å². The van der Waals surface area contributed by atoms with Crippen LogP contribution >= 0.6 is 0 Å². The molecule has 8 nitrogen and oxygen atoms in total. The van der Waals surface area contributed by atoms with Gasteiger partial charge in [-0.3, -0.25) is 4.79 Å². The van der Waals surface area contributed by atoms with E-state index in [2.05, 4.69) is 22.4 Å². The molecule has 25 heavy (non-hydrogen) atoms. The highest BCUT2D eigenvalue weighted by molar-refractivity contribution is 5.92. The van der Waals surface area contributed by atoms with Crippen LogP contribution < -0.4 is 5.32 Å². The van der Waals surface area contributed by atoms with Gasteiger partial charge in [0.15, 0.2) is 5.69 Å². The van der Waals surface area contributed by atoms with Gasteiger partial charge in [-0.15, -0.1) is 10.2 Å². The first-order chi connectivity index (χ1) is 12.2. The SMILES string of the molecule is CCCCCNc1ccc(C(=O)N2CCN(C(=O)OCC)CC2)nn1. The Labute approximate surface area is 148 Å². The summed E-state index contributed by atoms with van der Waals surface area (Å²) in [5, 5.41) is 11.3. The third-order valence-electron chi connectivity index (χ3n) is 4.06. The Kier molecular flexibility index (Phi) is 7.43. The molecule has 1 aromatic heterocycles. The van der Waals surface area contributed by atoms with Crippen molar-refractivity contribution >= 4 is 17.8 Å². The molecule has 2 heterocycles. The van der Waals surface area contributed by atoms with Crippen molar-refractivity contribution in [3.8, 4) is 0 Å². The van der Waals surface area contributed by atoms with Crippen LogP contribution in [0.2, 0.25) is 0 Å². The fraction of sp³-hybridized carbons (Fsp3) is 0.647. The lowest BCUT2D eigenvalue weighted by Crippen LogP contribution is -2.50. The molecule has 0 atom stereocenters. The van der Waals surface area contributed by atoms with Crippen LogP contribution in [0.4, 0.5) is 10.6 Å². The van der Waals surface area contributed by atoms with E-state index in [4.69, 9.17) is 4.74 Å². The number of carbonyl (C=O) groups excluding carboxylic acids is 2. The number of anilines is 1. The van der Waals surface area contributed by atoms with E-state index < -0.39 is 0 Å². The molecule has 0 radical (unpaired) electrons. The van der Waals surface area contributed by atoms with Crippen LogP contribution in [0, 0.1) is 0 Å². The minimum absolute atomic E-state index is 0.159. The summed E-state index contributed by atoms with van der Waals surface area (Å²) in [6, 6.07) is 3.47. The van der Waals surface area contributed by atoms with Crippen molar-refractivity contribution in [1.82, 2.24) is 20.0 Å². The summed E-state index contributed by atoms with van der Waals surface area (Å²) in [4.78, 5) is 27.5. The highest BCUT2D eigenvalue weighted by atomic mass is 16.6. The molecule has 0 aliphatic carbocycles. The predicted octanol–water partition coefficient (Wildman–Crippen LogP) is 1.99. The number of hydrogen-bond donors (Lipinski definition) is 1. The lowest BCUT2D eigenvalue weighted by atomic mass is 10.2. The van der Waals surface area contributed by atoms with E-state index in [0.717, 1.165) is 13.0 Å². The Balaban J connectivity index is 1.82. The zero-order chi connectivity index (χ0) is 18.1. The van der Waals surface area contributed by atoms with Crippen LogP contribution in [0.1, 0.15) is 43.6 Å². The van der Waals surface area contributed by atoms with E-state index in [9.17, 15) is 9.59 Å². The van der Waals surface area contributed by atoms with Crippen LogP contribution in [-0.2, 0) is 4.74 Å². The van der Waals surface area contributed by atoms with Crippen molar-refractivity contribution in [2.75, 3.05) is 44.6 Å². The minimum atomic E-state index is -0.326. The quantitative estimate of drug-likeness (QED) is 0.758. The summed E-state index contributed by atoms with van der Waals surface area (Å²) >= 11 is 0. The van der Waals surface area contributed by atoms with Gasteiger partial charge in [0, 0.05) is 32.7 Å². The maximum atomic E-state index is 12.5. The van der Waals surface area contributed by atoms with Gasteiger partial charge >= 0.3 is 6.09 Å². The molecule has 138 valence electrons. The summed E-state index contributed by atoms with van der Waals surface area (Å²) in [5.74, 6) is 0.522. The van der Waals surface area contributed by atoms with Crippen molar-refractivity contribution < 1.29 is 14.3 Å². The maximum Gasteiger partial charge on any atom is 0.409 e. The second kappa shape index (κ2) is 9.80. The van der Waals surface area contributed by atoms with Gasteiger partial charge in [-0.1, -0.05) is 19.8 Å². The van der Waals surface area contributed by atoms with Gasteiger partial charge in [0.05, 0.1) is 6.61 Å². The highest BCUT2D eigenvalue weighted by Gasteiger charge is 2.26. The third-order valence-corrected chi connectivity index (χ3v) is 4.06. The monoisotopic (exact) mass is 349 g/mol. The molecule has 0 spiro atoms. The molecule has 2 rings (SSSR count). The first-order valence-electron chi connectivity index (χ1n) is 8.94. The molecular formula is C17H27N5O3. The lowest BCUT2D eigenvalue weighted by Gasteiger charge is -2.33. The Hall–Kier alpha value is -2.38. The molecule has 1 fully saturated rings. The zero-order valence-corrected chi connectivity index (χ0v) is 15.0. The number of carbonyl (C=O) groups is 2. The first-order valence-corrected chi connectivity index (χ1v) is 8.94. The molecule has 1 aromatic rings. The average molecular weight is 349 g/mol. The van der Waals surface area contributed by atoms with Crippen LogP contribution in [0.3, 0.4) is 0 Å². The summed E-state index contributed by atoms with van der Waals surface area (Å²) in [6.45, 7) is 7.01. The molecule has 1 saturated heterocycles. The minimum Gasteiger partial charge on any atom is -0.450 e. The van der Waals surface area contributed by atoms with E-state index in [-0.39, 0.29) is 12.0 Å². The topological polar surface area (TPSA) is 87.7 Å². The van der Waals surface area contributed by atoms with E-state index in [0.29, 0.717) is 44.3 Å². The fourth-order valence-corrected chi connectivity index (χ4v) is 2.60. The molecule has 1 N–H and O–H groups in total. The molecule has 1 aliphatic heterocycles. The van der Waals surface area contributed by atoms with Gasteiger partial charge in [-0.2, -0.15) is 0 Å². The van der Waals surface area contributed by atoms with Crippen molar-refractivity contribution in [3.05, 3.63) is 17.8 Å². The number of aromatic nitrogens is 2. The second-order valence-electron chi connectivity index (χ2n) is 5.92. The van der Waals surface area contributed by atoms with E-state index in [1.807, 2.05) is 0 Å². The fourth-order valence-electron chi connectivity index (χ4n) is 2.60. The average Bonchev–Trinajstić information content (AvgIpc) is 2.65. The molecule has 2 amide bonds. The van der Waals surface area contributed by atoms with Gasteiger partial charge in [0.1, 0.15) is 5.82 Å². The highest BCUT2D eigenvalue weighted by Crippen LogP contribution is 2.09. The molecule has 0 unspecified atom stereocenters. The largest absolute Gasteiger partial charge is 0.450 e. The van der Waals surface area contributed by atoms with E-state index in [1.165, 1.54) is 12.8 Å². The Bertz CT molecular complexity index is 556. The smallest absolute Gasteiger partial charge is 0.409 e. The van der Waals surface area contributed by atoms with Crippen molar-refractivity contribution in [2.24, 2.45) is 0 Å². The molecular weight excluding hydrogens is 322 g/mol. The van der Waals surface area contributed by atoms with Crippen LogP contribution in [0.5, 0.6) is 0 Å². The third kappa shape index (κ3) is 5.58. The zero-order valence-electron chi connectivity index (χ0n) is 15.0. The van der Waals surface area contributed by atoms with Crippen molar-refractivity contribution in [1.29, 1.82) is 0 Å². The van der Waals surface area contributed by atoms with Crippen molar-refractivity contribution in [2.45, 2.75) is 33.1 Å². The Morgan fingerprint density at radius 3 is 2.40 bits per heavy atom. The number of hydrogen-bond acceptors (Lipinski definition) is 6. The summed E-state index contributed by atoms with van der Waals surface area (Å²) in [5.41, 5.74) is 0.323. The summed E-state index contributed by atoms with van der Waals surface area (Å²) in [7, 11) is 0. The second-order valence-corrected chi connectivity index (χ2v) is 5.92. The van der Waals surface area contributed by atoms with Crippen LogP contribution in [0.15, 0.2) is 12.1 Å². The Morgan fingerprint density at radius 2 is 1.80 bits per heavy atom. The number of unbranched alkanes of at least 4 members (excludes halogenated alkanes) is 2. The molecule has 8 heteroatoms. The first kappa shape index (κ1) is 19.0. The maximum absolute atomic E-state index is 12.5. The van der Waals surface area contributed by atoms with Crippen LogP contribution in [-0.4, -0.2) is 71.3 Å². The number of nitrogens with one attached hydrogen (secondary N) is 1. The van der Waals surface area contributed by atoms with Gasteiger partial charge < -0.3 is 19.9 Å².